The van der Waals surface area contributed by atoms with Gasteiger partial charge >= 0.3 is 0 Å². The van der Waals surface area contributed by atoms with Crippen molar-refractivity contribution in [2.75, 3.05) is 13.6 Å². The van der Waals surface area contributed by atoms with E-state index in [0.717, 1.165) is 24.8 Å². The Morgan fingerprint density at radius 3 is 2.00 bits per heavy atom. The largest absolute Gasteiger partial charge is 0.341 e. The summed E-state index contributed by atoms with van der Waals surface area (Å²) in [5, 5.41) is 0. The van der Waals surface area contributed by atoms with Crippen LogP contribution in [0.4, 0.5) is 0 Å². The summed E-state index contributed by atoms with van der Waals surface area (Å²) in [7, 11) is 1.87. The summed E-state index contributed by atoms with van der Waals surface area (Å²) in [6, 6.07) is 8.46. The van der Waals surface area contributed by atoms with Crippen molar-refractivity contribution >= 4 is 5.91 Å². The summed E-state index contributed by atoms with van der Waals surface area (Å²) in [5.41, 5.74) is 7.93. The zero-order valence-corrected chi connectivity index (χ0v) is 13.3. The molecule has 1 aromatic carbocycles. The van der Waals surface area contributed by atoms with E-state index in [9.17, 15) is 4.79 Å². The average molecular weight is 276 g/mol. The van der Waals surface area contributed by atoms with Crippen LogP contribution in [0.2, 0.25) is 0 Å². The van der Waals surface area contributed by atoms with Gasteiger partial charge in [0.15, 0.2) is 0 Å². The molecule has 20 heavy (non-hydrogen) atoms. The number of nitrogens with zero attached hydrogens (tertiary/aromatic N) is 1. The molecular weight excluding hydrogens is 248 g/mol. The molecule has 3 heteroatoms. The van der Waals surface area contributed by atoms with Crippen LogP contribution in [0.15, 0.2) is 24.3 Å². The maximum atomic E-state index is 12.6. The van der Waals surface area contributed by atoms with Crippen LogP contribution in [0.25, 0.3) is 0 Å². The molecule has 0 saturated carbocycles. The molecule has 0 aliphatic carbocycles. The van der Waals surface area contributed by atoms with E-state index in [0.29, 0.717) is 13.1 Å². The van der Waals surface area contributed by atoms with Gasteiger partial charge in [-0.1, -0.05) is 45.0 Å². The highest BCUT2D eigenvalue weighted by Gasteiger charge is 2.35. The molecule has 0 saturated heterocycles. The van der Waals surface area contributed by atoms with Crippen LogP contribution >= 0.6 is 0 Å². The van der Waals surface area contributed by atoms with Gasteiger partial charge < -0.3 is 10.6 Å². The van der Waals surface area contributed by atoms with E-state index in [4.69, 9.17) is 5.73 Å². The van der Waals surface area contributed by atoms with Gasteiger partial charge in [-0.3, -0.25) is 4.79 Å². The van der Waals surface area contributed by atoms with Gasteiger partial charge in [-0.15, -0.1) is 0 Å². The third-order valence-electron chi connectivity index (χ3n) is 4.40. The minimum atomic E-state index is -0.405. The first kappa shape index (κ1) is 16.7. The minimum Gasteiger partial charge on any atom is -0.341 e. The highest BCUT2D eigenvalue weighted by atomic mass is 16.2. The first-order valence-corrected chi connectivity index (χ1v) is 7.56. The van der Waals surface area contributed by atoms with Crippen LogP contribution in [0.1, 0.15) is 44.7 Å². The Morgan fingerprint density at radius 1 is 1.10 bits per heavy atom. The minimum absolute atomic E-state index is 0.157. The van der Waals surface area contributed by atoms with Crippen LogP contribution in [0.3, 0.4) is 0 Å². The Balaban J connectivity index is 2.78. The summed E-state index contributed by atoms with van der Waals surface area (Å²) in [4.78, 5) is 14.4. The van der Waals surface area contributed by atoms with E-state index in [1.54, 1.807) is 4.90 Å². The van der Waals surface area contributed by atoms with Crippen LogP contribution in [0, 0.1) is 5.41 Å². The van der Waals surface area contributed by atoms with Crippen LogP contribution < -0.4 is 5.73 Å². The second kappa shape index (κ2) is 7.44. The fourth-order valence-electron chi connectivity index (χ4n) is 2.56. The molecule has 1 rings (SSSR count). The summed E-state index contributed by atoms with van der Waals surface area (Å²) in [6.07, 6.45) is 2.62. The molecule has 0 aliphatic heterocycles. The molecule has 0 radical (unpaired) electrons. The third-order valence-corrected chi connectivity index (χ3v) is 4.40. The number of amides is 1. The Bertz CT molecular complexity index is 413. The van der Waals surface area contributed by atoms with Crippen molar-refractivity contribution in [2.45, 2.75) is 46.6 Å². The van der Waals surface area contributed by atoms with E-state index in [1.807, 2.05) is 20.9 Å². The number of hydrogen-bond acceptors (Lipinski definition) is 2. The van der Waals surface area contributed by atoms with Crippen molar-refractivity contribution in [2.24, 2.45) is 11.1 Å². The van der Waals surface area contributed by atoms with Gasteiger partial charge in [-0.2, -0.15) is 0 Å². The molecule has 112 valence electrons. The van der Waals surface area contributed by atoms with Crippen molar-refractivity contribution in [1.29, 1.82) is 0 Å². The van der Waals surface area contributed by atoms with Gasteiger partial charge in [-0.05, 0) is 30.4 Å². The van der Waals surface area contributed by atoms with Gasteiger partial charge in [0, 0.05) is 20.1 Å². The molecule has 0 atom stereocenters. The Labute approximate surface area is 123 Å². The second-order valence-electron chi connectivity index (χ2n) is 5.52. The normalized spacial score (nSPS) is 11.4. The van der Waals surface area contributed by atoms with Crippen molar-refractivity contribution < 1.29 is 4.79 Å². The third kappa shape index (κ3) is 3.60. The second-order valence-corrected chi connectivity index (χ2v) is 5.52. The molecule has 0 fully saturated rings. The molecule has 0 spiro atoms. The lowest BCUT2D eigenvalue weighted by atomic mass is 9.81. The Hall–Kier alpha value is -1.35. The lowest BCUT2D eigenvalue weighted by Crippen LogP contribution is -2.45. The predicted molar refractivity (Wildman–Crippen MR) is 84.4 cm³/mol. The summed E-state index contributed by atoms with van der Waals surface area (Å²) < 4.78 is 0. The topological polar surface area (TPSA) is 46.3 Å². The summed E-state index contributed by atoms with van der Waals surface area (Å²) in [5.74, 6) is 0.157. The Morgan fingerprint density at radius 2 is 1.60 bits per heavy atom. The first-order valence-electron chi connectivity index (χ1n) is 7.56. The number of carbonyl (C=O) groups excluding carboxylic acids is 1. The highest BCUT2D eigenvalue weighted by Crippen LogP contribution is 2.27. The molecule has 1 aromatic rings. The van der Waals surface area contributed by atoms with Crippen molar-refractivity contribution in [1.82, 2.24) is 4.90 Å². The number of rotatable bonds is 7. The zero-order chi connectivity index (χ0) is 15.2. The molecule has 3 nitrogen and oxygen atoms in total. The SMILES string of the molecule is CCc1ccc(CN(C)C(=O)C(CC)(CC)CN)cc1. The lowest BCUT2D eigenvalue weighted by Gasteiger charge is -2.33. The average Bonchev–Trinajstić information content (AvgIpc) is 2.50. The number of aryl methyl sites for hydroxylation is 1. The molecule has 2 N–H and O–H groups in total. The highest BCUT2D eigenvalue weighted by molar-refractivity contribution is 5.82. The van der Waals surface area contributed by atoms with E-state index in [-0.39, 0.29) is 5.91 Å². The van der Waals surface area contributed by atoms with Gasteiger partial charge in [0.2, 0.25) is 5.91 Å². The monoisotopic (exact) mass is 276 g/mol. The van der Waals surface area contributed by atoms with Gasteiger partial charge in [0.05, 0.1) is 5.41 Å². The maximum absolute atomic E-state index is 12.6. The molecular formula is C17H28N2O. The van der Waals surface area contributed by atoms with Crippen molar-refractivity contribution in [3.63, 3.8) is 0 Å². The van der Waals surface area contributed by atoms with Crippen LogP contribution in [-0.4, -0.2) is 24.4 Å². The number of nitrogens with two attached hydrogens (primary N) is 1. The first-order chi connectivity index (χ1) is 9.52. The maximum Gasteiger partial charge on any atom is 0.230 e. The zero-order valence-electron chi connectivity index (χ0n) is 13.3. The molecule has 0 bridgehead atoms. The summed E-state index contributed by atoms with van der Waals surface area (Å²) in [6.45, 7) is 7.28. The fourth-order valence-corrected chi connectivity index (χ4v) is 2.56. The molecule has 0 aliphatic rings. The van der Waals surface area contributed by atoms with E-state index in [1.165, 1.54) is 5.56 Å². The van der Waals surface area contributed by atoms with Crippen molar-refractivity contribution in [3.05, 3.63) is 35.4 Å². The molecule has 0 unspecified atom stereocenters. The lowest BCUT2D eigenvalue weighted by molar-refractivity contribution is -0.141. The van der Waals surface area contributed by atoms with Gasteiger partial charge in [0.25, 0.3) is 0 Å². The molecule has 0 aromatic heterocycles. The van der Waals surface area contributed by atoms with Gasteiger partial charge in [-0.25, -0.2) is 0 Å². The molecule has 1 amide bonds. The smallest absolute Gasteiger partial charge is 0.230 e. The fraction of sp³-hybridized carbons (Fsp3) is 0.588. The predicted octanol–water partition coefficient (Wildman–Crippen LogP) is 2.97. The number of carbonyl (C=O) groups is 1. The van der Waals surface area contributed by atoms with E-state index >= 15 is 0 Å². The Kier molecular flexibility index (Phi) is 6.21. The molecule has 0 heterocycles. The van der Waals surface area contributed by atoms with E-state index in [2.05, 4.69) is 31.2 Å². The number of hydrogen-bond donors (Lipinski definition) is 1. The van der Waals surface area contributed by atoms with Crippen molar-refractivity contribution in [3.8, 4) is 0 Å². The van der Waals surface area contributed by atoms with Crippen LogP contribution in [0.5, 0.6) is 0 Å². The van der Waals surface area contributed by atoms with Gasteiger partial charge in [0.1, 0.15) is 0 Å². The quantitative estimate of drug-likeness (QED) is 0.832. The summed E-state index contributed by atoms with van der Waals surface area (Å²) >= 11 is 0. The van der Waals surface area contributed by atoms with E-state index < -0.39 is 5.41 Å². The van der Waals surface area contributed by atoms with Crippen LogP contribution in [-0.2, 0) is 17.8 Å². The number of benzene rings is 1. The standard InChI is InChI=1S/C17H28N2O/c1-5-14-8-10-15(11-9-14)12-19(4)16(20)17(6-2,7-3)13-18/h8-11H,5-7,12-13,18H2,1-4H3.